The number of hydrogen-bond acceptors (Lipinski definition) is 4. The SMILES string of the molecule is COc1ccccc1Oc1ccc(NC(=O)C2CCN(C(=O)c3ccc(Cl)cc3)CC2)cc1. The third-order valence-corrected chi connectivity index (χ3v) is 5.91. The summed E-state index contributed by atoms with van der Waals surface area (Å²) in [6, 6.07) is 21.5. The molecule has 0 aromatic heterocycles. The molecule has 3 aromatic rings. The first-order valence-electron chi connectivity index (χ1n) is 10.8. The summed E-state index contributed by atoms with van der Waals surface area (Å²) in [5.74, 6) is 1.71. The molecule has 0 spiro atoms. The summed E-state index contributed by atoms with van der Waals surface area (Å²) in [6.45, 7) is 1.09. The highest BCUT2D eigenvalue weighted by atomic mass is 35.5. The predicted molar refractivity (Wildman–Crippen MR) is 128 cm³/mol. The number of nitrogens with zero attached hydrogens (tertiary/aromatic N) is 1. The zero-order valence-electron chi connectivity index (χ0n) is 18.3. The summed E-state index contributed by atoms with van der Waals surface area (Å²) in [4.78, 5) is 27.2. The maximum atomic E-state index is 12.7. The second-order valence-electron chi connectivity index (χ2n) is 7.84. The Morgan fingerprint density at radius 1 is 0.909 bits per heavy atom. The lowest BCUT2D eigenvalue weighted by Crippen LogP contribution is -2.41. The summed E-state index contributed by atoms with van der Waals surface area (Å²) >= 11 is 5.90. The molecule has 0 radical (unpaired) electrons. The lowest BCUT2D eigenvalue weighted by molar-refractivity contribution is -0.121. The van der Waals surface area contributed by atoms with Crippen molar-refractivity contribution >= 4 is 29.1 Å². The van der Waals surface area contributed by atoms with Gasteiger partial charge in [-0.1, -0.05) is 23.7 Å². The minimum atomic E-state index is -0.135. The summed E-state index contributed by atoms with van der Waals surface area (Å²) in [5, 5.41) is 3.57. The molecule has 2 amide bonds. The van der Waals surface area contributed by atoms with Crippen molar-refractivity contribution in [2.75, 3.05) is 25.5 Å². The van der Waals surface area contributed by atoms with E-state index in [1.807, 2.05) is 36.4 Å². The normalized spacial score (nSPS) is 13.9. The predicted octanol–water partition coefficient (Wildman–Crippen LogP) is 5.63. The lowest BCUT2D eigenvalue weighted by Gasteiger charge is -2.31. The Morgan fingerprint density at radius 3 is 2.18 bits per heavy atom. The zero-order valence-corrected chi connectivity index (χ0v) is 19.0. The van der Waals surface area contributed by atoms with Crippen molar-refractivity contribution in [1.82, 2.24) is 4.90 Å². The molecular weight excluding hydrogens is 440 g/mol. The Hall–Kier alpha value is -3.51. The van der Waals surface area contributed by atoms with Gasteiger partial charge < -0.3 is 19.7 Å². The number of para-hydroxylation sites is 2. The van der Waals surface area contributed by atoms with E-state index in [9.17, 15) is 9.59 Å². The van der Waals surface area contributed by atoms with E-state index in [0.717, 1.165) is 0 Å². The third-order valence-electron chi connectivity index (χ3n) is 5.66. The number of ether oxygens (including phenoxy) is 2. The minimum absolute atomic E-state index is 0.0313. The van der Waals surface area contributed by atoms with Crippen molar-refractivity contribution in [1.29, 1.82) is 0 Å². The van der Waals surface area contributed by atoms with E-state index in [2.05, 4.69) is 5.32 Å². The molecule has 6 nitrogen and oxygen atoms in total. The van der Waals surface area contributed by atoms with E-state index < -0.39 is 0 Å². The van der Waals surface area contributed by atoms with Crippen molar-refractivity contribution in [3.05, 3.63) is 83.4 Å². The van der Waals surface area contributed by atoms with Crippen LogP contribution in [0.4, 0.5) is 5.69 Å². The smallest absolute Gasteiger partial charge is 0.253 e. The summed E-state index contributed by atoms with van der Waals surface area (Å²) in [6.07, 6.45) is 1.25. The van der Waals surface area contributed by atoms with E-state index in [1.165, 1.54) is 0 Å². The van der Waals surface area contributed by atoms with Gasteiger partial charge in [-0.05, 0) is 73.5 Å². The molecule has 0 unspecified atom stereocenters. The second kappa shape index (κ2) is 10.4. The van der Waals surface area contributed by atoms with Crippen LogP contribution in [-0.4, -0.2) is 36.9 Å². The largest absolute Gasteiger partial charge is 0.493 e. The van der Waals surface area contributed by atoms with Gasteiger partial charge in [0.15, 0.2) is 11.5 Å². The van der Waals surface area contributed by atoms with Gasteiger partial charge >= 0.3 is 0 Å². The van der Waals surface area contributed by atoms with Gasteiger partial charge in [0.05, 0.1) is 7.11 Å². The van der Waals surface area contributed by atoms with Crippen LogP contribution in [0.25, 0.3) is 0 Å². The summed E-state index contributed by atoms with van der Waals surface area (Å²) < 4.78 is 11.2. The molecule has 1 saturated heterocycles. The Balaban J connectivity index is 1.29. The van der Waals surface area contributed by atoms with Crippen molar-refractivity contribution < 1.29 is 19.1 Å². The average Bonchev–Trinajstić information content (AvgIpc) is 2.85. The number of anilines is 1. The van der Waals surface area contributed by atoms with Crippen LogP contribution in [0.5, 0.6) is 17.2 Å². The van der Waals surface area contributed by atoms with Gasteiger partial charge in [-0.25, -0.2) is 0 Å². The zero-order chi connectivity index (χ0) is 23.2. The first kappa shape index (κ1) is 22.7. The molecule has 7 heteroatoms. The van der Waals surface area contributed by atoms with Crippen LogP contribution in [0, 0.1) is 5.92 Å². The van der Waals surface area contributed by atoms with E-state index in [0.29, 0.717) is 59.5 Å². The number of hydrogen-bond donors (Lipinski definition) is 1. The van der Waals surface area contributed by atoms with Crippen LogP contribution < -0.4 is 14.8 Å². The van der Waals surface area contributed by atoms with Crippen molar-refractivity contribution in [2.24, 2.45) is 5.92 Å². The summed E-state index contributed by atoms with van der Waals surface area (Å²) in [7, 11) is 1.60. The van der Waals surface area contributed by atoms with E-state index in [1.54, 1.807) is 48.4 Å². The molecule has 0 saturated carbocycles. The maximum absolute atomic E-state index is 12.7. The highest BCUT2D eigenvalue weighted by Gasteiger charge is 2.28. The van der Waals surface area contributed by atoms with Crippen LogP contribution >= 0.6 is 11.6 Å². The number of benzene rings is 3. The molecule has 4 rings (SSSR count). The highest BCUT2D eigenvalue weighted by molar-refractivity contribution is 6.30. The first-order chi connectivity index (χ1) is 16.0. The van der Waals surface area contributed by atoms with Crippen LogP contribution in [0.1, 0.15) is 23.2 Å². The topological polar surface area (TPSA) is 67.9 Å². The van der Waals surface area contributed by atoms with Crippen LogP contribution in [-0.2, 0) is 4.79 Å². The molecule has 3 aromatic carbocycles. The number of piperidine rings is 1. The van der Waals surface area contributed by atoms with Crippen molar-refractivity contribution in [3.8, 4) is 17.2 Å². The molecule has 33 heavy (non-hydrogen) atoms. The molecular formula is C26H25ClN2O4. The monoisotopic (exact) mass is 464 g/mol. The molecule has 170 valence electrons. The molecule has 1 heterocycles. The van der Waals surface area contributed by atoms with Crippen LogP contribution in [0.2, 0.25) is 5.02 Å². The van der Waals surface area contributed by atoms with Gasteiger partial charge in [0.25, 0.3) is 5.91 Å². The van der Waals surface area contributed by atoms with E-state index in [4.69, 9.17) is 21.1 Å². The fraction of sp³-hybridized carbons (Fsp3) is 0.231. The van der Waals surface area contributed by atoms with Crippen molar-refractivity contribution in [2.45, 2.75) is 12.8 Å². The molecule has 0 aliphatic carbocycles. The van der Waals surface area contributed by atoms with Gasteiger partial charge in [0, 0.05) is 35.3 Å². The quantitative estimate of drug-likeness (QED) is 0.513. The Labute approximate surface area is 198 Å². The van der Waals surface area contributed by atoms with Crippen LogP contribution in [0.3, 0.4) is 0 Å². The lowest BCUT2D eigenvalue weighted by atomic mass is 9.95. The number of rotatable bonds is 6. The van der Waals surface area contributed by atoms with Crippen LogP contribution in [0.15, 0.2) is 72.8 Å². The molecule has 1 N–H and O–H groups in total. The molecule has 0 bridgehead atoms. The fourth-order valence-electron chi connectivity index (χ4n) is 3.80. The fourth-order valence-corrected chi connectivity index (χ4v) is 3.93. The van der Waals surface area contributed by atoms with E-state index in [-0.39, 0.29) is 17.7 Å². The van der Waals surface area contributed by atoms with E-state index >= 15 is 0 Å². The van der Waals surface area contributed by atoms with Gasteiger partial charge in [-0.3, -0.25) is 9.59 Å². The molecule has 0 atom stereocenters. The van der Waals surface area contributed by atoms with Gasteiger partial charge in [-0.2, -0.15) is 0 Å². The number of carbonyl (C=O) groups is 2. The molecule has 1 fully saturated rings. The Morgan fingerprint density at radius 2 is 1.55 bits per heavy atom. The number of carbonyl (C=O) groups excluding carboxylic acids is 2. The van der Waals surface area contributed by atoms with Gasteiger partial charge in [0.2, 0.25) is 5.91 Å². The van der Waals surface area contributed by atoms with Gasteiger partial charge in [-0.15, -0.1) is 0 Å². The molecule has 1 aliphatic heterocycles. The third kappa shape index (κ3) is 5.65. The standard InChI is InChI=1S/C26H25ClN2O4/c1-32-23-4-2-3-5-24(23)33-22-12-10-21(11-13-22)28-25(30)18-14-16-29(17-15-18)26(31)19-6-8-20(27)9-7-19/h2-13,18H,14-17H2,1H3,(H,28,30). The number of likely N-dealkylation sites (tertiary alicyclic amines) is 1. The first-order valence-corrected chi connectivity index (χ1v) is 11.2. The second-order valence-corrected chi connectivity index (χ2v) is 8.28. The highest BCUT2D eigenvalue weighted by Crippen LogP contribution is 2.31. The summed E-state index contributed by atoms with van der Waals surface area (Å²) in [5.41, 5.74) is 1.31. The number of nitrogens with one attached hydrogen (secondary N) is 1. The maximum Gasteiger partial charge on any atom is 0.253 e. The minimum Gasteiger partial charge on any atom is -0.493 e. The number of amides is 2. The average molecular weight is 465 g/mol. The molecule has 1 aliphatic rings. The Kier molecular flexibility index (Phi) is 7.15. The number of methoxy groups -OCH3 is 1. The number of halogens is 1. The van der Waals surface area contributed by atoms with Gasteiger partial charge in [0.1, 0.15) is 5.75 Å². The Bertz CT molecular complexity index is 1110. The van der Waals surface area contributed by atoms with Crippen molar-refractivity contribution in [3.63, 3.8) is 0 Å².